The summed E-state index contributed by atoms with van der Waals surface area (Å²) in [6, 6.07) is 0.460. The number of amides is 1. The number of nitrogens with one attached hydrogen (secondary N) is 2. The van der Waals surface area contributed by atoms with E-state index in [4.69, 9.17) is 0 Å². The molecule has 0 radical (unpaired) electrons. The molecule has 19 heavy (non-hydrogen) atoms. The monoisotopic (exact) mass is 265 g/mol. The van der Waals surface area contributed by atoms with Gasteiger partial charge < -0.3 is 10.6 Å². The molecule has 2 rings (SSSR count). The molecule has 0 saturated carbocycles. The number of anilines is 1. The molecule has 2 heterocycles. The van der Waals surface area contributed by atoms with Gasteiger partial charge in [0.05, 0.1) is 23.6 Å². The summed E-state index contributed by atoms with van der Waals surface area (Å²) in [6.45, 7) is 6.29. The standard InChI is InChI=1S/C13H23N5O/c1-9-13(10(2)18(4)16-9)15-12(19)8-17(3)11-5-6-14-7-11/h11,14H,5-8H2,1-4H3,(H,15,19). The van der Waals surface area contributed by atoms with Crippen molar-refractivity contribution in [3.05, 3.63) is 11.4 Å². The van der Waals surface area contributed by atoms with Gasteiger partial charge in [0.1, 0.15) is 0 Å². The summed E-state index contributed by atoms with van der Waals surface area (Å²) < 4.78 is 1.79. The van der Waals surface area contributed by atoms with Gasteiger partial charge in [-0.2, -0.15) is 5.10 Å². The third kappa shape index (κ3) is 3.13. The van der Waals surface area contributed by atoms with Crippen molar-refractivity contribution < 1.29 is 4.79 Å². The number of aromatic nitrogens is 2. The van der Waals surface area contributed by atoms with Crippen LogP contribution in [0.3, 0.4) is 0 Å². The van der Waals surface area contributed by atoms with Crippen LogP contribution in [0.15, 0.2) is 0 Å². The van der Waals surface area contributed by atoms with Crippen LogP contribution in [0.4, 0.5) is 5.69 Å². The van der Waals surface area contributed by atoms with E-state index < -0.39 is 0 Å². The first kappa shape index (κ1) is 14.0. The number of likely N-dealkylation sites (N-methyl/N-ethyl adjacent to an activating group) is 1. The third-order valence-electron chi connectivity index (χ3n) is 3.82. The normalized spacial score (nSPS) is 19.1. The fourth-order valence-corrected chi connectivity index (χ4v) is 2.50. The van der Waals surface area contributed by atoms with Crippen molar-refractivity contribution in [2.24, 2.45) is 7.05 Å². The lowest BCUT2D eigenvalue weighted by Crippen LogP contribution is -2.39. The number of carbonyl (C=O) groups excluding carboxylic acids is 1. The van der Waals surface area contributed by atoms with Crippen LogP contribution < -0.4 is 10.6 Å². The predicted octanol–water partition coefficient (Wildman–Crippen LogP) is 0.269. The van der Waals surface area contributed by atoms with E-state index in [-0.39, 0.29) is 5.91 Å². The van der Waals surface area contributed by atoms with Gasteiger partial charge in [-0.3, -0.25) is 14.4 Å². The van der Waals surface area contributed by atoms with Crippen LogP contribution in [-0.2, 0) is 11.8 Å². The topological polar surface area (TPSA) is 62.2 Å². The second-order valence-electron chi connectivity index (χ2n) is 5.28. The van der Waals surface area contributed by atoms with Gasteiger partial charge in [0.15, 0.2) is 0 Å². The van der Waals surface area contributed by atoms with Crippen LogP contribution in [0, 0.1) is 13.8 Å². The minimum atomic E-state index is 0.0219. The van der Waals surface area contributed by atoms with Crippen molar-refractivity contribution in [2.45, 2.75) is 26.3 Å². The molecule has 6 heteroatoms. The molecule has 1 aliphatic heterocycles. The molecule has 1 atom stereocenters. The summed E-state index contributed by atoms with van der Waals surface area (Å²) >= 11 is 0. The SMILES string of the molecule is Cc1nn(C)c(C)c1NC(=O)CN(C)C1CCNC1. The molecule has 2 N–H and O–H groups in total. The number of rotatable bonds is 4. The second-order valence-corrected chi connectivity index (χ2v) is 5.28. The zero-order valence-corrected chi connectivity index (χ0v) is 12.2. The summed E-state index contributed by atoms with van der Waals surface area (Å²) in [5.74, 6) is 0.0219. The highest BCUT2D eigenvalue weighted by Gasteiger charge is 2.21. The van der Waals surface area contributed by atoms with Crippen LogP contribution in [0.1, 0.15) is 17.8 Å². The Morgan fingerprint density at radius 2 is 2.32 bits per heavy atom. The van der Waals surface area contributed by atoms with E-state index in [1.54, 1.807) is 4.68 Å². The maximum Gasteiger partial charge on any atom is 0.238 e. The zero-order valence-electron chi connectivity index (χ0n) is 12.2. The maximum atomic E-state index is 12.1. The lowest BCUT2D eigenvalue weighted by Gasteiger charge is -2.22. The van der Waals surface area contributed by atoms with Crippen LogP contribution in [0.5, 0.6) is 0 Å². The molecule has 1 saturated heterocycles. The molecule has 1 aromatic rings. The first-order valence-electron chi connectivity index (χ1n) is 6.70. The van der Waals surface area contributed by atoms with Gasteiger partial charge in [0.25, 0.3) is 0 Å². The van der Waals surface area contributed by atoms with Gasteiger partial charge in [-0.25, -0.2) is 0 Å². The van der Waals surface area contributed by atoms with Gasteiger partial charge in [-0.05, 0) is 33.9 Å². The van der Waals surface area contributed by atoms with E-state index in [1.165, 1.54) is 0 Å². The quantitative estimate of drug-likeness (QED) is 0.820. The molecule has 0 spiro atoms. The van der Waals surface area contributed by atoms with Crippen molar-refractivity contribution in [1.29, 1.82) is 0 Å². The highest BCUT2D eigenvalue weighted by Crippen LogP contribution is 2.18. The predicted molar refractivity (Wildman–Crippen MR) is 75.2 cm³/mol. The highest BCUT2D eigenvalue weighted by atomic mass is 16.2. The van der Waals surface area contributed by atoms with E-state index in [2.05, 4.69) is 20.6 Å². The van der Waals surface area contributed by atoms with Crippen LogP contribution in [-0.4, -0.2) is 53.3 Å². The number of hydrogen-bond acceptors (Lipinski definition) is 4. The Hall–Kier alpha value is -1.40. The van der Waals surface area contributed by atoms with E-state index in [0.717, 1.165) is 36.6 Å². The molecule has 1 amide bonds. The van der Waals surface area contributed by atoms with E-state index in [1.807, 2.05) is 27.9 Å². The van der Waals surface area contributed by atoms with Crippen molar-refractivity contribution >= 4 is 11.6 Å². The number of aryl methyl sites for hydroxylation is 2. The molecule has 0 bridgehead atoms. The van der Waals surface area contributed by atoms with Crippen LogP contribution in [0.25, 0.3) is 0 Å². The Morgan fingerprint density at radius 1 is 1.58 bits per heavy atom. The molecule has 1 aliphatic rings. The Bertz CT molecular complexity index is 462. The van der Waals surface area contributed by atoms with Gasteiger partial charge >= 0.3 is 0 Å². The molecular weight excluding hydrogens is 242 g/mol. The van der Waals surface area contributed by atoms with Crippen molar-refractivity contribution in [2.75, 3.05) is 32.0 Å². The van der Waals surface area contributed by atoms with Gasteiger partial charge in [0.2, 0.25) is 5.91 Å². The Morgan fingerprint density at radius 3 is 2.84 bits per heavy atom. The van der Waals surface area contributed by atoms with Crippen LogP contribution >= 0.6 is 0 Å². The van der Waals surface area contributed by atoms with E-state index in [9.17, 15) is 4.79 Å². The van der Waals surface area contributed by atoms with Gasteiger partial charge in [0, 0.05) is 19.6 Å². The lowest BCUT2D eigenvalue weighted by atomic mass is 10.2. The molecule has 1 unspecified atom stereocenters. The molecule has 6 nitrogen and oxygen atoms in total. The first-order chi connectivity index (χ1) is 8.99. The van der Waals surface area contributed by atoms with E-state index >= 15 is 0 Å². The minimum Gasteiger partial charge on any atom is -0.322 e. The fraction of sp³-hybridized carbons (Fsp3) is 0.692. The Labute approximate surface area is 114 Å². The average molecular weight is 265 g/mol. The fourth-order valence-electron chi connectivity index (χ4n) is 2.50. The Balaban J connectivity index is 1.93. The second kappa shape index (κ2) is 5.71. The molecule has 0 aliphatic carbocycles. The molecule has 0 aromatic carbocycles. The first-order valence-corrected chi connectivity index (χ1v) is 6.70. The highest BCUT2D eigenvalue weighted by molar-refractivity contribution is 5.93. The van der Waals surface area contributed by atoms with Crippen molar-refractivity contribution in [3.63, 3.8) is 0 Å². The van der Waals surface area contributed by atoms with Crippen molar-refractivity contribution in [1.82, 2.24) is 20.0 Å². The molecule has 1 fully saturated rings. The minimum absolute atomic E-state index is 0.0219. The zero-order chi connectivity index (χ0) is 14.0. The Kier molecular flexibility index (Phi) is 4.21. The maximum absolute atomic E-state index is 12.1. The summed E-state index contributed by atoms with van der Waals surface area (Å²) in [6.07, 6.45) is 1.11. The summed E-state index contributed by atoms with van der Waals surface area (Å²) in [7, 11) is 3.88. The smallest absolute Gasteiger partial charge is 0.238 e. The lowest BCUT2D eigenvalue weighted by molar-refractivity contribution is -0.117. The number of nitrogens with zero attached hydrogens (tertiary/aromatic N) is 3. The average Bonchev–Trinajstić information content (AvgIpc) is 2.94. The van der Waals surface area contributed by atoms with Gasteiger partial charge in [-0.1, -0.05) is 0 Å². The van der Waals surface area contributed by atoms with Crippen molar-refractivity contribution in [3.8, 4) is 0 Å². The number of carbonyl (C=O) groups is 1. The largest absolute Gasteiger partial charge is 0.322 e. The third-order valence-corrected chi connectivity index (χ3v) is 3.82. The summed E-state index contributed by atoms with van der Waals surface area (Å²) in [5, 5.41) is 10.6. The number of hydrogen-bond donors (Lipinski definition) is 2. The molecule has 1 aromatic heterocycles. The summed E-state index contributed by atoms with van der Waals surface area (Å²) in [5.41, 5.74) is 2.68. The molecule has 106 valence electrons. The van der Waals surface area contributed by atoms with Gasteiger partial charge in [-0.15, -0.1) is 0 Å². The van der Waals surface area contributed by atoms with Crippen LogP contribution in [0.2, 0.25) is 0 Å². The molecular formula is C13H23N5O. The summed E-state index contributed by atoms with van der Waals surface area (Å²) in [4.78, 5) is 14.2. The van der Waals surface area contributed by atoms with E-state index in [0.29, 0.717) is 12.6 Å².